The standard InChI is InChI=1S/C19H20N2O4/c1-19(2)12-25-16(13-7-4-3-5-8-13)11-21(19)17(22)14-9-6-10-15(20-14)18(23)24/h3-10,16H,11-12H2,1-2H3,(H,23,24). The van der Waals surface area contributed by atoms with Gasteiger partial charge in [0.25, 0.3) is 5.91 Å². The first-order valence-corrected chi connectivity index (χ1v) is 8.07. The molecule has 2 aromatic rings. The number of hydrogen-bond acceptors (Lipinski definition) is 4. The van der Waals surface area contributed by atoms with Crippen molar-refractivity contribution in [1.29, 1.82) is 0 Å². The molecular weight excluding hydrogens is 320 g/mol. The maximum absolute atomic E-state index is 13.0. The first-order chi connectivity index (χ1) is 11.9. The summed E-state index contributed by atoms with van der Waals surface area (Å²) in [5.74, 6) is -1.45. The zero-order valence-electron chi connectivity index (χ0n) is 14.2. The number of carbonyl (C=O) groups is 2. The molecule has 0 spiro atoms. The molecule has 1 aromatic heterocycles. The fourth-order valence-electron chi connectivity index (χ4n) is 2.89. The molecule has 1 amide bonds. The van der Waals surface area contributed by atoms with Crippen LogP contribution < -0.4 is 0 Å². The topological polar surface area (TPSA) is 79.7 Å². The van der Waals surface area contributed by atoms with E-state index in [4.69, 9.17) is 9.84 Å². The zero-order chi connectivity index (χ0) is 18.0. The van der Waals surface area contributed by atoms with Gasteiger partial charge in [-0.25, -0.2) is 9.78 Å². The third-order valence-electron chi connectivity index (χ3n) is 4.32. The van der Waals surface area contributed by atoms with Crippen molar-refractivity contribution in [3.8, 4) is 0 Å². The minimum Gasteiger partial charge on any atom is -0.477 e. The third kappa shape index (κ3) is 3.53. The molecule has 1 aliphatic heterocycles. The molecule has 1 fully saturated rings. The average molecular weight is 340 g/mol. The molecule has 130 valence electrons. The van der Waals surface area contributed by atoms with Gasteiger partial charge in [-0.2, -0.15) is 0 Å². The Morgan fingerprint density at radius 2 is 1.80 bits per heavy atom. The van der Waals surface area contributed by atoms with E-state index in [1.54, 1.807) is 4.90 Å². The van der Waals surface area contributed by atoms with Crippen molar-refractivity contribution >= 4 is 11.9 Å². The van der Waals surface area contributed by atoms with E-state index in [-0.39, 0.29) is 23.4 Å². The van der Waals surface area contributed by atoms with Crippen molar-refractivity contribution < 1.29 is 19.4 Å². The Morgan fingerprint density at radius 1 is 1.12 bits per heavy atom. The maximum atomic E-state index is 13.0. The summed E-state index contributed by atoms with van der Waals surface area (Å²) in [6.45, 7) is 4.62. The number of ether oxygens (including phenoxy) is 1. The summed E-state index contributed by atoms with van der Waals surface area (Å²) >= 11 is 0. The molecule has 1 unspecified atom stereocenters. The van der Waals surface area contributed by atoms with Crippen LogP contribution in [0.4, 0.5) is 0 Å². The highest BCUT2D eigenvalue weighted by Crippen LogP contribution is 2.31. The summed E-state index contributed by atoms with van der Waals surface area (Å²) in [4.78, 5) is 29.8. The predicted molar refractivity (Wildman–Crippen MR) is 91.4 cm³/mol. The molecule has 1 aliphatic rings. The van der Waals surface area contributed by atoms with Crippen LogP contribution in [-0.2, 0) is 4.74 Å². The van der Waals surface area contributed by atoms with Gasteiger partial charge in [-0.15, -0.1) is 0 Å². The Balaban J connectivity index is 1.88. The first-order valence-electron chi connectivity index (χ1n) is 8.07. The number of hydrogen-bond donors (Lipinski definition) is 1. The van der Waals surface area contributed by atoms with Gasteiger partial charge >= 0.3 is 5.97 Å². The second kappa shape index (κ2) is 6.64. The molecule has 25 heavy (non-hydrogen) atoms. The smallest absolute Gasteiger partial charge is 0.354 e. The Labute approximate surface area is 146 Å². The number of amides is 1. The highest BCUT2D eigenvalue weighted by atomic mass is 16.5. The molecule has 0 aliphatic carbocycles. The largest absolute Gasteiger partial charge is 0.477 e. The van der Waals surface area contributed by atoms with Crippen LogP contribution in [0.15, 0.2) is 48.5 Å². The normalized spacial score (nSPS) is 19.4. The average Bonchev–Trinajstić information content (AvgIpc) is 2.62. The Bertz CT molecular complexity index is 789. The lowest BCUT2D eigenvalue weighted by Crippen LogP contribution is -2.56. The van der Waals surface area contributed by atoms with Gasteiger partial charge < -0.3 is 14.7 Å². The van der Waals surface area contributed by atoms with Crippen molar-refractivity contribution in [1.82, 2.24) is 9.88 Å². The van der Waals surface area contributed by atoms with E-state index in [1.165, 1.54) is 18.2 Å². The Morgan fingerprint density at radius 3 is 2.48 bits per heavy atom. The van der Waals surface area contributed by atoms with E-state index in [0.29, 0.717) is 13.2 Å². The molecule has 1 saturated heterocycles. The number of pyridine rings is 1. The number of carboxylic acid groups (broad SMARTS) is 1. The molecule has 6 heteroatoms. The van der Waals surface area contributed by atoms with Gasteiger partial charge in [0.1, 0.15) is 17.5 Å². The third-order valence-corrected chi connectivity index (χ3v) is 4.32. The molecule has 0 radical (unpaired) electrons. The number of carboxylic acids is 1. The number of aromatic carboxylic acids is 1. The fraction of sp³-hybridized carbons (Fsp3) is 0.316. The molecule has 2 heterocycles. The highest BCUT2D eigenvalue weighted by Gasteiger charge is 2.39. The number of aromatic nitrogens is 1. The molecule has 3 rings (SSSR count). The number of benzene rings is 1. The summed E-state index contributed by atoms with van der Waals surface area (Å²) in [6, 6.07) is 14.2. The van der Waals surface area contributed by atoms with Crippen LogP contribution in [0.1, 0.15) is 46.5 Å². The van der Waals surface area contributed by atoms with Crippen molar-refractivity contribution in [2.45, 2.75) is 25.5 Å². The summed E-state index contributed by atoms with van der Waals surface area (Å²) in [6.07, 6.45) is -0.221. The second-order valence-electron chi connectivity index (χ2n) is 6.65. The van der Waals surface area contributed by atoms with E-state index < -0.39 is 11.5 Å². The van der Waals surface area contributed by atoms with Crippen LogP contribution in [0.25, 0.3) is 0 Å². The van der Waals surface area contributed by atoms with Gasteiger partial charge in [-0.3, -0.25) is 4.79 Å². The van der Waals surface area contributed by atoms with Crippen LogP contribution in [0, 0.1) is 0 Å². The van der Waals surface area contributed by atoms with Crippen molar-refractivity contribution in [2.24, 2.45) is 0 Å². The monoisotopic (exact) mass is 340 g/mol. The summed E-state index contributed by atoms with van der Waals surface area (Å²) in [5.41, 5.74) is 0.477. The van der Waals surface area contributed by atoms with Crippen LogP contribution >= 0.6 is 0 Å². The van der Waals surface area contributed by atoms with E-state index >= 15 is 0 Å². The van der Waals surface area contributed by atoms with Crippen LogP contribution in [0.2, 0.25) is 0 Å². The van der Waals surface area contributed by atoms with E-state index in [2.05, 4.69) is 4.98 Å². The highest BCUT2D eigenvalue weighted by molar-refractivity contribution is 5.94. The van der Waals surface area contributed by atoms with Gasteiger partial charge in [-0.05, 0) is 31.5 Å². The number of morpholine rings is 1. The van der Waals surface area contributed by atoms with Crippen molar-refractivity contribution in [2.75, 3.05) is 13.2 Å². The Kier molecular flexibility index (Phi) is 4.55. The van der Waals surface area contributed by atoms with Gasteiger partial charge in [0, 0.05) is 0 Å². The van der Waals surface area contributed by atoms with Crippen molar-refractivity contribution in [3.63, 3.8) is 0 Å². The van der Waals surface area contributed by atoms with E-state index in [9.17, 15) is 9.59 Å². The first kappa shape index (κ1) is 17.1. The minimum atomic E-state index is -1.15. The predicted octanol–water partition coefficient (Wildman–Crippen LogP) is 2.77. The molecular formula is C19H20N2O4. The SMILES string of the molecule is CC1(C)COC(c2ccccc2)CN1C(=O)c1cccc(C(=O)O)n1. The molecule has 1 aromatic carbocycles. The van der Waals surface area contributed by atoms with Crippen molar-refractivity contribution in [3.05, 3.63) is 65.5 Å². The van der Waals surface area contributed by atoms with Gasteiger partial charge in [0.05, 0.1) is 18.7 Å². The second-order valence-corrected chi connectivity index (χ2v) is 6.65. The lowest BCUT2D eigenvalue weighted by molar-refractivity contribution is -0.0848. The van der Waals surface area contributed by atoms with Crippen LogP contribution in [0.3, 0.4) is 0 Å². The number of nitrogens with zero attached hydrogens (tertiary/aromatic N) is 2. The summed E-state index contributed by atoms with van der Waals surface area (Å²) < 4.78 is 5.95. The van der Waals surface area contributed by atoms with Gasteiger partial charge in [0.2, 0.25) is 0 Å². The molecule has 1 atom stereocenters. The molecule has 0 saturated carbocycles. The zero-order valence-corrected chi connectivity index (χ0v) is 14.2. The van der Waals surface area contributed by atoms with Gasteiger partial charge in [-0.1, -0.05) is 36.4 Å². The number of carbonyl (C=O) groups excluding carboxylic acids is 1. The Hall–Kier alpha value is -2.73. The van der Waals surface area contributed by atoms with Gasteiger partial charge in [0.15, 0.2) is 0 Å². The quantitative estimate of drug-likeness (QED) is 0.929. The van der Waals surface area contributed by atoms with E-state index in [0.717, 1.165) is 5.56 Å². The maximum Gasteiger partial charge on any atom is 0.354 e. The van der Waals surface area contributed by atoms with Crippen LogP contribution in [0.5, 0.6) is 0 Å². The molecule has 6 nitrogen and oxygen atoms in total. The van der Waals surface area contributed by atoms with Crippen LogP contribution in [-0.4, -0.2) is 45.6 Å². The number of rotatable bonds is 3. The molecule has 0 bridgehead atoms. The van der Waals surface area contributed by atoms with E-state index in [1.807, 2.05) is 44.2 Å². The lowest BCUT2D eigenvalue weighted by Gasteiger charge is -2.45. The summed E-state index contributed by atoms with van der Waals surface area (Å²) in [5, 5.41) is 9.09. The minimum absolute atomic E-state index is 0.127. The summed E-state index contributed by atoms with van der Waals surface area (Å²) in [7, 11) is 0. The lowest BCUT2D eigenvalue weighted by atomic mass is 9.97. The fourth-order valence-corrected chi connectivity index (χ4v) is 2.89. The molecule has 1 N–H and O–H groups in total.